The number of hydrogen-bond donors (Lipinski definition) is 2. The molecule has 138 valence electrons. The van der Waals surface area contributed by atoms with Crippen LogP contribution in [0.5, 0.6) is 0 Å². The van der Waals surface area contributed by atoms with Gasteiger partial charge in [-0.15, -0.1) is 0 Å². The van der Waals surface area contributed by atoms with Crippen LogP contribution in [0.15, 0.2) is 59.4 Å². The van der Waals surface area contributed by atoms with E-state index in [-0.39, 0.29) is 5.56 Å². The van der Waals surface area contributed by atoms with Crippen LogP contribution >= 0.6 is 0 Å². The molecule has 2 aromatic carbocycles. The van der Waals surface area contributed by atoms with E-state index in [4.69, 9.17) is 0 Å². The number of nitrogens with one attached hydrogen (secondary N) is 2. The van der Waals surface area contributed by atoms with E-state index < -0.39 is 0 Å². The molecule has 0 amide bonds. The first-order valence-electron chi connectivity index (χ1n) is 9.45. The molecule has 0 atom stereocenters. The van der Waals surface area contributed by atoms with E-state index in [1.54, 1.807) is 0 Å². The summed E-state index contributed by atoms with van der Waals surface area (Å²) < 4.78 is 0. The fourth-order valence-corrected chi connectivity index (χ4v) is 3.55. The third-order valence-corrected chi connectivity index (χ3v) is 5.05. The Morgan fingerprint density at radius 2 is 1.74 bits per heavy atom. The van der Waals surface area contributed by atoms with Crippen molar-refractivity contribution in [3.05, 3.63) is 81.8 Å². The van der Waals surface area contributed by atoms with Crippen molar-refractivity contribution in [3.8, 4) is 0 Å². The van der Waals surface area contributed by atoms with Crippen molar-refractivity contribution >= 4 is 17.3 Å². The third-order valence-electron chi connectivity index (χ3n) is 5.05. The lowest BCUT2D eigenvalue weighted by atomic mass is 10.1. The highest BCUT2D eigenvalue weighted by Crippen LogP contribution is 2.23. The quantitative estimate of drug-likeness (QED) is 0.722. The monoisotopic (exact) mass is 360 g/mol. The number of hydrogen-bond acceptors (Lipinski definition) is 4. The molecule has 4 rings (SSSR count). The van der Waals surface area contributed by atoms with Gasteiger partial charge >= 0.3 is 0 Å². The Hall–Kier alpha value is -3.08. The maximum absolute atomic E-state index is 12.5. The molecule has 2 N–H and O–H groups in total. The van der Waals surface area contributed by atoms with Gasteiger partial charge in [-0.3, -0.25) is 9.78 Å². The largest absolute Gasteiger partial charge is 0.372 e. The average Bonchev–Trinajstić information content (AvgIpc) is 3.21. The molecule has 1 aliphatic rings. The summed E-state index contributed by atoms with van der Waals surface area (Å²) in [7, 11) is 0. The second kappa shape index (κ2) is 7.66. The van der Waals surface area contributed by atoms with Crippen LogP contribution in [0.3, 0.4) is 0 Å². The molecule has 0 radical (unpaired) electrons. The van der Waals surface area contributed by atoms with Gasteiger partial charge in [0.05, 0.1) is 5.69 Å². The lowest BCUT2D eigenvalue weighted by Crippen LogP contribution is -2.19. The van der Waals surface area contributed by atoms with Gasteiger partial charge < -0.3 is 10.2 Å². The number of anilines is 3. The molecule has 1 aliphatic heterocycles. The Bertz CT molecular complexity index is 958. The number of aromatic amines is 1. The summed E-state index contributed by atoms with van der Waals surface area (Å²) in [6.07, 6.45) is 3.11. The zero-order valence-corrected chi connectivity index (χ0v) is 15.5. The minimum atomic E-state index is -0.0949. The maximum Gasteiger partial charge on any atom is 0.256 e. The number of nitrogens with zero attached hydrogens (tertiary/aromatic N) is 2. The summed E-state index contributed by atoms with van der Waals surface area (Å²) >= 11 is 0. The smallest absolute Gasteiger partial charge is 0.256 e. The normalized spacial score (nSPS) is 13.7. The molecule has 27 heavy (non-hydrogen) atoms. The lowest BCUT2D eigenvalue weighted by Gasteiger charge is -2.18. The first-order valence-corrected chi connectivity index (χ1v) is 9.45. The van der Waals surface area contributed by atoms with E-state index in [0.29, 0.717) is 17.9 Å². The minimum Gasteiger partial charge on any atom is -0.372 e. The first kappa shape index (κ1) is 17.3. The van der Waals surface area contributed by atoms with Crippen molar-refractivity contribution in [3.63, 3.8) is 0 Å². The molecule has 1 aromatic heterocycles. The average molecular weight is 360 g/mol. The number of H-pyrrole nitrogens is 1. The van der Waals surface area contributed by atoms with Crippen LogP contribution in [0.2, 0.25) is 0 Å². The number of aryl methyl sites for hydroxylation is 1. The lowest BCUT2D eigenvalue weighted by molar-refractivity contribution is 0.949. The number of rotatable bonds is 5. The van der Waals surface area contributed by atoms with Crippen molar-refractivity contribution in [2.24, 2.45) is 0 Å². The van der Waals surface area contributed by atoms with Gasteiger partial charge in [-0.1, -0.05) is 30.3 Å². The summed E-state index contributed by atoms with van der Waals surface area (Å²) in [6.45, 7) is 4.14. The van der Waals surface area contributed by atoms with Gasteiger partial charge in [0.2, 0.25) is 5.95 Å². The highest BCUT2D eigenvalue weighted by Gasteiger charge is 2.12. The number of aromatic nitrogens is 2. The van der Waals surface area contributed by atoms with Crippen LogP contribution in [0.1, 0.15) is 29.7 Å². The summed E-state index contributed by atoms with van der Waals surface area (Å²) in [6, 6.07) is 18.3. The Balaban J connectivity index is 1.50. The molecule has 3 aromatic rings. The maximum atomic E-state index is 12.5. The van der Waals surface area contributed by atoms with Crippen LogP contribution in [-0.4, -0.2) is 23.1 Å². The van der Waals surface area contributed by atoms with Gasteiger partial charge in [0.1, 0.15) is 0 Å². The van der Waals surface area contributed by atoms with Crippen molar-refractivity contribution in [2.75, 3.05) is 23.3 Å². The third kappa shape index (κ3) is 4.03. The standard InChI is InChI=1S/C22H24N4O/c1-16-20(15-17-7-3-2-4-8-17)21(27)25-22(23-16)24-18-9-11-19(12-10-18)26-13-5-6-14-26/h2-4,7-12H,5-6,13-15H2,1H3,(H2,23,24,25,27). The summed E-state index contributed by atoms with van der Waals surface area (Å²) in [4.78, 5) is 22.4. The highest BCUT2D eigenvalue weighted by atomic mass is 16.1. The molecule has 0 bridgehead atoms. The zero-order chi connectivity index (χ0) is 18.6. The molecule has 1 fully saturated rings. The van der Waals surface area contributed by atoms with Crippen LogP contribution < -0.4 is 15.8 Å². The second-order valence-electron chi connectivity index (χ2n) is 7.01. The Morgan fingerprint density at radius 1 is 1.04 bits per heavy atom. The van der Waals surface area contributed by atoms with E-state index in [1.807, 2.05) is 49.4 Å². The second-order valence-corrected chi connectivity index (χ2v) is 7.01. The van der Waals surface area contributed by atoms with Gasteiger partial charge in [0.15, 0.2) is 0 Å². The first-order chi connectivity index (χ1) is 13.2. The molecule has 0 saturated carbocycles. The molecule has 0 unspecified atom stereocenters. The topological polar surface area (TPSA) is 61.0 Å². The highest BCUT2D eigenvalue weighted by molar-refractivity contribution is 5.59. The van der Waals surface area contributed by atoms with Crippen molar-refractivity contribution in [1.29, 1.82) is 0 Å². The van der Waals surface area contributed by atoms with Crippen molar-refractivity contribution in [2.45, 2.75) is 26.2 Å². The predicted molar refractivity (Wildman–Crippen MR) is 110 cm³/mol. The van der Waals surface area contributed by atoms with E-state index in [9.17, 15) is 4.79 Å². The van der Waals surface area contributed by atoms with Crippen LogP contribution in [-0.2, 0) is 6.42 Å². The van der Waals surface area contributed by atoms with Gasteiger partial charge in [-0.05, 0) is 49.6 Å². The van der Waals surface area contributed by atoms with E-state index in [1.165, 1.54) is 18.5 Å². The molecular weight excluding hydrogens is 336 g/mol. The predicted octanol–water partition coefficient (Wildman–Crippen LogP) is 4.01. The van der Waals surface area contributed by atoms with Gasteiger partial charge in [-0.2, -0.15) is 0 Å². The fourth-order valence-electron chi connectivity index (χ4n) is 3.55. The molecule has 2 heterocycles. The fraction of sp³-hybridized carbons (Fsp3) is 0.273. The molecular formula is C22H24N4O. The number of benzene rings is 2. The Morgan fingerprint density at radius 3 is 2.41 bits per heavy atom. The van der Waals surface area contributed by atoms with Crippen LogP contribution in [0.4, 0.5) is 17.3 Å². The summed E-state index contributed by atoms with van der Waals surface area (Å²) in [5.41, 5.74) is 4.62. The summed E-state index contributed by atoms with van der Waals surface area (Å²) in [5.74, 6) is 0.475. The molecule has 5 nitrogen and oxygen atoms in total. The van der Waals surface area contributed by atoms with Crippen molar-refractivity contribution in [1.82, 2.24) is 9.97 Å². The Labute approximate surface area is 159 Å². The minimum absolute atomic E-state index is 0.0949. The molecule has 5 heteroatoms. The van der Waals surface area contributed by atoms with E-state index >= 15 is 0 Å². The van der Waals surface area contributed by atoms with Crippen LogP contribution in [0, 0.1) is 6.92 Å². The summed E-state index contributed by atoms with van der Waals surface area (Å²) in [5, 5.41) is 3.21. The van der Waals surface area contributed by atoms with E-state index in [2.05, 4.69) is 32.3 Å². The molecule has 0 aliphatic carbocycles. The van der Waals surface area contributed by atoms with Gasteiger partial charge in [-0.25, -0.2) is 4.98 Å². The van der Waals surface area contributed by atoms with Crippen molar-refractivity contribution < 1.29 is 0 Å². The van der Waals surface area contributed by atoms with Crippen LogP contribution in [0.25, 0.3) is 0 Å². The zero-order valence-electron chi connectivity index (χ0n) is 15.5. The van der Waals surface area contributed by atoms with Gasteiger partial charge in [0.25, 0.3) is 5.56 Å². The van der Waals surface area contributed by atoms with E-state index in [0.717, 1.165) is 30.0 Å². The SMILES string of the molecule is Cc1nc(Nc2ccc(N3CCCC3)cc2)[nH]c(=O)c1Cc1ccccc1. The Kier molecular flexibility index (Phi) is 4.92. The van der Waals surface area contributed by atoms with Gasteiger partial charge in [0, 0.05) is 36.4 Å². The molecule has 0 spiro atoms. The molecule has 1 saturated heterocycles.